The second-order valence-corrected chi connectivity index (χ2v) is 13.4. The van der Waals surface area contributed by atoms with Crippen LogP contribution in [0.5, 0.6) is 0 Å². The zero-order valence-corrected chi connectivity index (χ0v) is 30.9. The quantitative estimate of drug-likeness (QED) is 0.102. The number of pyridine rings is 8. The molecular weight excluding hydrogens is 693 g/mol. The van der Waals surface area contributed by atoms with E-state index in [1.165, 1.54) is 0 Å². The van der Waals surface area contributed by atoms with Gasteiger partial charge >= 0.3 is 0 Å². The summed E-state index contributed by atoms with van der Waals surface area (Å²) in [5, 5.41) is 0. The summed E-state index contributed by atoms with van der Waals surface area (Å²) in [5.41, 5.74) is 10.8. The molecule has 10 nitrogen and oxygen atoms in total. The van der Waals surface area contributed by atoms with Gasteiger partial charge in [-0.3, -0.25) is 34.7 Å². The molecule has 0 spiro atoms. The molecule has 0 saturated heterocycles. The number of rotatable bonds is 15. The van der Waals surface area contributed by atoms with E-state index in [2.05, 4.69) is 78.3 Å². The molecule has 0 aliphatic rings. The highest BCUT2D eigenvalue weighted by atomic mass is 15.2. The summed E-state index contributed by atoms with van der Waals surface area (Å²) in [6, 6.07) is 46.3. The van der Waals surface area contributed by atoms with Gasteiger partial charge in [-0.1, -0.05) is 42.5 Å². The highest BCUT2D eigenvalue weighted by Gasteiger charge is 2.17. The molecule has 8 aromatic rings. The maximum Gasteiger partial charge on any atom is 0.0890 e. The van der Waals surface area contributed by atoms with Crippen molar-refractivity contribution in [2.24, 2.45) is 0 Å². The third kappa shape index (κ3) is 9.61. The van der Waals surface area contributed by atoms with E-state index in [-0.39, 0.29) is 0 Å². The van der Waals surface area contributed by atoms with Crippen molar-refractivity contribution in [2.75, 3.05) is 13.1 Å². The molecule has 8 heterocycles. The summed E-state index contributed by atoms with van der Waals surface area (Å²) < 4.78 is 0. The lowest BCUT2D eigenvalue weighted by molar-refractivity contribution is 0.178. The van der Waals surface area contributed by atoms with E-state index in [4.69, 9.17) is 19.9 Å². The molecule has 8 rings (SSSR count). The number of nitrogens with zero attached hydrogens (tertiary/aromatic N) is 10. The first kappa shape index (κ1) is 36.1. The van der Waals surface area contributed by atoms with Gasteiger partial charge in [0, 0.05) is 75.8 Å². The fourth-order valence-corrected chi connectivity index (χ4v) is 6.54. The Kier molecular flexibility index (Phi) is 11.6. The predicted octanol–water partition coefficient (Wildman–Crippen LogP) is 8.22. The van der Waals surface area contributed by atoms with Gasteiger partial charge in [-0.25, -0.2) is 15.0 Å². The van der Waals surface area contributed by atoms with E-state index in [0.29, 0.717) is 26.2 Å². The van der Waals surface area contributed by atoms with Gasteiger partial charge < -0.3 is 0 Å². The Bertz CT molecular complexity index is 2110. The Balaban J connectivity index is 1.09. The molecular formula is C46H40N10. The van der Waals surface area contributed by atoms with E-state index in [1.807, 2.05) is 97.2 Å². The Morgan fingerprint density at radius 3 is 1.05 bits per heavy atom. The van der Waals surface area contributed by atoms with Crippen LogP contribution in [0.25, 0.3) is 45.4 Å². The standard InChI is InChI=1S/C46H40N10/c1-4-25-48-41(17-1)44-21-8-14-37(52-44)32-55(31-36-13-7-20-40(51-36)35-12-11-24-47-30-35)28-29-56(33-38-15-9-22-45(53-38)42-18-2-5-26-49-42)34-39-16-10-23-46(54-39)43-19-3-6-27-50-43/h1-27,30H,28-29,31-34H2. The molecule has 0 saturated carbocycles. The second-order valence-electron chi connectivity index (χ2n) is 13.4. The highest BCUT2D eigenvalue weighted by molar-refractivity contribution is 5.58. The van der Waals surface area contributed by atoms with Crippen molar-refractivity contribution >= 4 is 0 Å². The van der Waals surface area contributed by atoms with Gasteiger partial charge in [-0.15, -0.1) is 0 Å². The monoisotopic (exact) mass is 732 g/mol. The molecule has 274 valence electrons. The fourth-order valence-electron chi connectivity index (χ4n) is 6.54. The third-order valence-corrected chi connectivity index (χ3v) is 9.24. The average Bonchev–Trinajstić information content (AvgIpc) is 3.27. The van der Waals surface area contributed by atoms with E-state index in [1.54, 1.807) is 24.8 Å². The molecule has 0 aromatic carbocycles. The molecule has 10 heteroatoms. The number of aromatic nitrogens is 8. The summed E-state index contributed by atoms with van der Waals surface area (Å²) in [7, 11) is 0. The zero-order chi connectivity index (χ0) is 37.8. The minimum Gasteiger partial charge on any atom is -0.290 e. The molecule has 8 aromatic heterocycles. The predicted molar refractivity (Wildman–Crippen MR) is 218 cm³/mol. The van der Waals surface area contributed by atoms with E-state index in [0.717, 1.165) is 81.3 Å². The first-order chi connectivity index (χ1) is 27.7. The second kappa shape index (κ2) is 18.0. The first-order valence-corrected chi connectivity index (χ1v) is 18.6. The van der Waals surface area contributed by atoms with Crippen molar-refractivity contribution < 1.29 is 0 Å². The van der Waals surface area contributed by atoms with Crippen LogP contribution in [0.3, 0.4) is 0 Å². The SMILES string of the molecule is c1ccc(-c2cccc(CN(CCN(Cc3cccc(-c4ccccn4)n3)Cc3cccc(-c4ccccn4)n3)Cc3cccc(-c4cccnc4)n3)n2)nc1. The van der Waals surface area contributed by atoms with Crippen LogP contribution in [-0.2, 0) is 26.2 Å². The topological polar surface area (TPSA) is 110 Å². The van der Waals surface area contributed by atoms with Crippen LogP contribution in [-0.4, -0.2) is 62.8 Å². The van der Waals surface area contributed by atoms with Crippen LogP contribution in [0.2, 0.25) is 0 Å². The van der Waals surface area contributed by atoms with Crippen molar-refractivity contribution in [1.82, 2.24) is 49.7 Å². The van der Waals surface area contributed by atoms with Gasteiger partial charge in [-0.2, -0.15) is 0 Å². The average molecular weight is 733 g/mol. The summed E-state index contributed by atoms with van der Waals surface area (Å²) in [5.74, 6) is 0. The molecule has 56 heavy (non-hydrogen) atoms. The molecule has 0 aliphatic carbocycles. The van der Waals surface area contributed by atoms with Crippen molar-refractivity contribution in [2.45, 2.75) is 26.2 Å². The molecule has 0 bridgehead atoms. The summed E-state index contributed by atoms with van der Waals surface area (Å²) in [6.45, 7) is 3.94. The lowest BCUT2D eigenvalue weighted by atomic mass is 10.1. The Labute approximate surface area is 326 Å². The largest absolute Gasteiger partial charge is 0.290 e. The van der Waals surface area contributed by atoms with Gasteiger partial charge in [0.2, 0.25) is 0 Å². The van der Waals surface area contributed by atoms with Gasteiger partial charge in [0.15, 0.2) is 0 Å². The number of hydrogen-bond donors (Lipinski definition) is 0. The van der Waals surface area contributed by atoms with Crippen LogP contribution in [0.1, 0.15) is 22.8 Å². The van der Waals surface area contributed by atoms with Crippen LogP contribution in [0, 0.1) is 0 Å². The third-order valence-electron chi connectivity index (χ3n) is 9.24. The summed E-state index contributed by atoms with van der Waals surface area (Å²) in [6.07, 6.45) is 9.03. The zero-order valence-electron chi connectivity index (χ0n) is 30.9. The Hall–Kier alpha value is -6.88. The summed E-state index contributed by atoms with van der Waals surface area (Å²) in [4.78, 5) is 43.0. The van der Waals surface area contributed by atoms with Gasteiger partial charge in [-0.05, 0) is 97.1 Å². The minimum absolute atomic E-state index is 0.617. The van der Waals surface area contributed by atoms with E-state index in [9.17, 15) is 0 Å². The van der Waals surface area contributed by atoms with Crippen LogP contribution < -0.4 is 0 Å². The lowest BCUT2D eigenvalue weighted by Crippen LogP contribution is -2.35. The molecule has 0 radical (unpaired) electrons. The minimum atomic E-state index is 0.617. The molecule has 0 unspecified atom stereocenters. The lowest BCUT2D eigenvalue weighted by Gasteiger charge is -2.27. The first-order valence-electron chi connectivity index (χ1n) is 18.6. The summed E-state index contributed by atoms with van der Waals surface area (Å²) >= 11 is 0. The Morgan fingerprint density at radius 1 is 0.321 bits per heavy atom. The fraction of sp³-hybridized carbons (Fsp3) is 0.130. The van der Waals surface area contributed by atoms with Gasteiger partial charge in [0.25, 0.3) is 0 Å². The van der Waals surface area contributed by atoms with Crippen molar-refractivity contribution in [3.05, 3.63) is 193 Å². The van der Waals surface area contributed by atoms with Crippen molar-refractivity contribution in [3.8, 4) is 45.4 Å². The van der Waals surface area contributed by atoms with Crippen LogP contribution in [0.4, 0.5) is 0 Å². The normalized spacial score (nSPS) is 11.2. The molecule has 0 aliphatic heterocycles. The molecule has 0 fully saturated rings. The molecule has 0 N–H and O–H groups in total. The van der Waals surface area contributed by atoms with Crippen LogP contribution in [0.15, 0.2) is 171 Å². The van der Waals surface area contributed by atoms with Gasteiger partial charge in [0.05, 0.1) is 62.6 Å². The maximum atomic E-state index is 5.07. The Morgan fingerprint density at radius 2 is 0.696 bits per heavy atom. The maximum absolute atomic E-state index is 5.07. The highest BCUT2D eigenvalue weighted by Crippen LogP contribution is 2.21. The smallest absolute Gasteiger partial charge is 0.0890 e. The van der Waals surface area contributed by atoms with E-state index < -0.39 is 0 Å². The van der Waals surface area contributed by atoms with Crippen LogP contribution >= 0.6 is 0 Å². The molecule has 0 atom stereocenters. The molecule has 0 amide bonds. The van der Waals surface area contributed by atoms with Crippen molar-refractivity contribution in [3.63, 3.8) is 0 Å². The van der Waals surface area contributed by atoms with Gasteiger partial charge in [0.1, 0.15) is 0 Å². The van der Waals surface area contributed by atoms with E-state index >= 15 is 0 Å². The number of hydrogen-bond acceptors (Lipinski definition) is 10. The van der Waals surface area contributed by atoms with Crippen molar-refractivity contribution in [1.29, 1.82) is 0 Å².